The number of allylic oxidation sites excluding steroid dienone is 1. The van der Waals surface area contributed by atoms with Crippen molar-refractivity contribution < 1.29 is 10.2 Å². The van der Waals surface area contributed by atoms with Gasteiger partial charge in [-0.3, -0.25) is 0 Å². The summed E-state index contributed by atoms with van der Waals surface area (Å²) in [4.78, 5) is 0. The van der Waals surface area contributed by atoms with E-state index in [9.17, 15) is 10.2 Å². The van der Waals surface area contributed by atoms with Crippen LogP contribution in [0, 0.1) is 11.8 Å². The van der Waals surface area contributed by atoms with Crippen LogP contribution in [-0.4, -0.2) is 23.4 Å². The third-order valence-corrected chi connectivity index (χ3v) is 3.03. The first-order chi connectivity index (χ1) is 8.31. The van der Waals surface area contributed by atoms with Gasteiger partial charge in [-0.25, -0.2) is 0 Å². The zero-order valence-electron chi connectivity index (χ0n) is 10.4. The Morgan fingerprint density at radius 1 is 1.12 bits per heavy atom. The first-order valence-corrected chi connectivity index (χ1v) is 6.26. The number of aliphatic hydroxyl groups excluding tert-OH is 2. The molecule has 0 aliphatic heterocycles. The molecule has 0 radical (unpaired) electrons. The van der Waals surface area contributed by atoms with Crippen molar-refractivity contribution in [3.05, 3.63) is 42.0 Å². The molecule has 2 N–H and O–H groups in total. The second kappa shape index (κ2) is 8.04. The highest BCUT2D eigenvalue weighted by Gasteiger charge is 2.16. The van der Waals surface area contributed by atoms with Gasteiger partial charge in [0.15, 0.2) is 0 Å². The van der Waals surface area contributed by atoms with E-state index in [4.69, 9.17) is 0 Å². The van der Waals surface area contributed by atoms with Gasteiger partial charge in [0.2, 0.25) is 0 Å². The van der Waals surface area contributed by atoms with Crippen LogP contribution in [0.25, 0.3) is 6.08 Å². The molecule has 2 nitrogen and oxygen atoms in total. The van der Waals surface area contributed by atoms with Gasteiger partial charge >= 0.3 is 0 Å². The largest absolute Gasteiger partial charge is 0.396 e. The Hall–Kier alpha value is -1.12. The zero-order chi connectivity index (χ0) is 12.5. The molecule has 0 bridgehead atoms. The number of aliphatic hydroxyl groups is 2. The van der Waals surface area contributed by atoms with Crippen molar-refractivity contribution in [1.29, 1.82) is 0 Å². The standard InChI is InChI=1S/C15H22O2/c1-2-6-14(15(11-16)12-17)10-9-13-7-4-3-5-8-13/h3-5,7-10,14-17H,2,6,11-12H2,1H3/b10-9+/t14-/m1/s1. The molecule has 0 unspecified atom stereocenters. The molecule has 0 spiro atoms. The maximum atomic E-state index is 9.23. The zero-order valence-corrected chi connectivity index (χ0v) is 10.4. The van der Waals surface area contributed by atoms with Crippen LogP contribution in [0.1, 0.15) is 25.3 Å². The highest BCUT2D eigenvalue weighted by molar-refractivity contribution is 5.49. The molecule has 0 saturated carbocycles. The van der Waals surface area contributed by atoms with Gasteiger partial charge in [0.1, 0.15) is 0 Å². The maximum Gasteiger partial charge on any atom is 0.0486 e. The summed E-state index contributed by atoms with van der Waals surface area (Å²) >= 11 is 0. The summed E-state index contributed by atoms with van der Waals surface area (Å²) < 4.78 is 0. The minimum atomic E-state index is -0.0464. The predicted octanol–water partition coefficient (Wildman–Crippen LogP) is 2.72. The van der Waals surface area contributed by atoms with E-state index >= 15 is 0 Å². The minimum Gasteiger partial charge on any atom is -0.396 e. The quantitative estimate of drug-likeness (QED) is 0.761. The van der Waals surface area contributed by atoms with Crippen LogP contribution in [0.3, 0.4) is 0 Å². The molecular formula is C15H22O2. The van der Waals surface area contributed by atoms with Crippen LogP contribution in [0.2, 0.25) is 0 Å². The molecule has 0 fully saturated rings. The van der Waals surface area contributed by atoms with Crippen molar-refractivity contribution in [2.75, 3.05) is 13.2 Å². The summed E-state index contributed by atoms with van der Waals surface area (Å²) in [5, 5.41) is 18.5. The fourth-order valence-electron chi connectivity index (χ4n) is 1.95. The SMILES string of the molecule is CCC[C@H](/C=C/c1ccccc1)C(CO)CO. The monoisotopic (exact) mass is 234 g/mol. The molecular weight excluding hydrogens is 212 g/mol. The molecule has 1 atom stereocenters. The second-order valence-corrected chi connectivity index (χ2v) is 4.35. The highest BCUT2D eigenvalue weighted by Crippen LogP contribution is 2.20. The first kappa shape index (κ1) is 13.9. The summed E-state index contributed by atoms with van der Waals surface area (Å²) in [7, 11) is 0. The summed E-state index contributed by atoms with van der Waals surface area (Å²) in [5.74, 6) is 0.199. The third-order valence-electron chi connectivity index (χ3n) is 3.03. The Morgan fingerprint density at radius 2 is 1.76 bits per heavy atom. The van der Waals surface area contributed by atoms with Crippen molar-refractivity contribution in [2.45, 2.75) is 19.8 Å². The molecule has 1 rings (SSSR count). The second-order valence-electron chi connectivity index (χ2n) is 4.35. The van der Waals surface area contributed by atoms with Crippen LogP contribution in [0.4, 0.5) is 0 Å². The van der Waals surface area contributed by atoms with E-state index in [0.29, 0.717) is 0 Å². The minimum absolute atomic E-state index is 0.0420. The topological polar surface area (TPSA) is 40.5 Å². The van der Waals surface area contributed by atoms with Gasteiger partial charge in [0.25, 0.3) is 0 Å². The Balaban J connectivity index is 2.69. The normalized spacial score (nSPS) is 13.4. The molecule has 17 heavy (non-hydrogen) atoms. The number of hydrogen-bond acceptors (Lipinski definition) is 2. The Kier molecular flexibility index (Phi) is 6.60. The summed E-state index contributed by atoms with van der Waals surface area (Å²) in [6, 6.07) is 10.1. The predicted molar refractivity (Wildman–Crippen MR) is 71.5 cm³/mol. The molecule has 0 heterocycles. The first-order valence-electron chi connectivity index (χ1n) is 6.26. The summed E-state index contributed by atoms with van der Waals surface area (Å²) in [5.41, 5.74) is 1.16. The molecule has 0 aliphatic rings. The van der Waals surface area contributed by atoms with E-state index in [1.807, 2.05) is 30.3 Å². The lowest BCUT2D eigenvalue weighted by atomic mass is 9.89. The third kappa shape index (κ3) is 4.72. The molecule has 2 heteroatoms. The van der Waals surface area contributed by atoms with Gasteiger partial charge in [0.05, 0.1) is 0 Å². The lowest BCUT2D eigenvalue weighted by Gasteiger charge is -2.20. The van der Waals surface area contributed by atoms with Gasteiger partial charge in [-0.1, -0.05) is 55.8 Å². The fraction of sp³-hybridized carbons (Fsp3) is 0.467. The van der Waals surface area contributed by atoms with Crippen LogP contribution in [0.15, 0.2) is 36.4 Å². The van der Waals surface area contributed by atoms with Crippen LogP contribution in [-0.2, 0) is 0 Å². The molecule has 0 aromatic heterocycles. The Labute approximate surface area is 104 Å². The molecule has 1 aromatic rings. The molecule has 0 saturated heterocycles. The van der Waals surface area contributed by atoms with Crippen molar-refractivity contribution in [2.24, 2.45) is 11.8 Å². The average molecular weight is 234 g/mol. The van der Waals surface area contributed by atoms with Crippen LogP contribution in [0.5, 0.6) is 0 Å². The van der Waals surface area contributed by atoms with Gasteiger partial charge in [-0.05, 0) is 17.9 Å². The molecule has 1 aromatic carbocycles. The Morgan fingerprint density at radius 3 is 2.29 bits per heavy atom. The van der Waals surface area contributed by atoms with Crippen molar-refractivity contribution in [3.8, 4) is 0 Å². The van der Waals surface area contributed by atoms with E-state index < -0.39 is 0 Å². The van der Waals surface area contributed by atoms with Crippen molar-refractivity contribution in [3.63, 3.8) is 0 Å². The van der Waals surface area contributed by atoms with Gasteiger partial charge in [-0.15, -0.1) is 0 Å². The summed E-state index contributed by atoms with van der Waals surface area (Å²) in [6.07, 6.45) is 6.23. The highest BCUT2D eigenvalue weighted by atomic mass is 16.3. The fourth-order valence-corrected chi connectivity index (χ4v) is 1.95. The van der Waals surface area contributed by atoms with E-state index in [2.05, 4.69) is 19.1 Å². The van der Waals surface area contributed by atoms with E-state index in [-0.39, 0.29) is 25.0 Å². The lowest BCUT2D eigenvalue weighted by Crippen LogP contribution is -2.20. The maximum absolute atomic E-state index is 9.23. The Bertz CT molecular complexity index is 315. The summed E-state index contributed by atoms with van der Waals surface area (Å²) in [6.45, 7) is 2.20. The molecule has 0 aliphatic carbocycles. The average Bonchev–Trinajstić information content (AvgIpc) is 2.38. The van der Waals surface area contributed by atoms with Crippen molar-refractivity contribution in [1.82, 2.24) is 0 Å². The van der Waals surface area contributed by atoms with Gasteiger partial charge in [0, 0.05) is 19.1 Å². The number of benzene rings is 1. The van der Waals surface area contributed by atoms with E-state index in [1.54, 1.807) is 0 Å². The van der Waals surface area contributed by atoms with Gasteiger partial charge in [-0.2, -0.15) is 0 Å². The van der Waals surface area contributed by atoms with E-state index in [1.165, 1.54) is 0 Å². The van der Waals surface area contributed by atoms with Crippen LogP contribution >= 0.6 is 0 Å². The number of hydrogen-bond donors (Lipinski definition) is 2. The number of rotatable bonds is 7. The molecule has 94 valence electrons. The van der Waals surface area contributed by atoms with Crippen molar-refractivity contribution >= 4 is 6.08 Å². The lowest BCUT2D eigenvalue weighted by molar-refractivity contribution is 0.118. The smallest absolute Gasteiger partial charge is 0.0486 e. The van der Waals surface area contributed by atoms with E-state index in [0.717, 1.165) is 18.4 Å². The van der Waals surface area contributed by atoms with Crippen LogP contribution < -0.4 is 0 Å². The molecule has 0 amide bonds. The van der Waals surface area contributed by atoms with Gasteiger partial charge < -0.3 is 10.2 Å².